The highest BCUT2D eigenvalue weighted by Gasteiger charge is 2.67. The number of para-hydroxylation sites is 1. The number of amides is 2. The van der Waals surface area contributed by atoms with Crippen LogP contribution in [0.5, 0.6) is 0 Å². The van der Waals surface area contributed by atoms with Crippen molar-refractivity contribution in [3.63, 3.8) is 0 Å². The second-order valence-corrected chi connectivity index (χ2v) is 7.15. The summed E-state index contributed by atoms with van der Waals surface area (Å²) < 4.78 is 0. The summed E-state index contributed by atoms with van der Waals surface area (Å²) in [5.74, 6) is 1.10. The van der Waals surface area contributed by atoms with E-state index in [1.54, 1.807) is 0 Å². The van der Waals surface area contributed by atoms with Crippen LogP contribution < -0.4 is 4.90 Å². The van der Waals surface area contributed by atoms with Gasteiger partial charge in [0.15, 0.2) is 0 Å². The Morgan fingerprint density at radius 3 is 2.50 bits per heavy atom. The first-order valence-corrected chi connectivity index (χ1v) is 8.12. The lowest BCUT2D eigenvalue weighted by molar-refractivity contribution is -0.126. The van der Waals surface area contributed by atoms with Gasteiger partial charge < -0.3 is 0 Å². The van der Waals surface area contributed by atoms with E-state index in [-0.39, 0.29) is 11.8 Å². The Balaban J connectivity index is 1.68. The van der Waals surface area contributed by atoms with E-state index in [1.165, 1.54) is 17.7 Å². The summed E-state index contributed by atoms with van der Waals surface area (Å²) in [6.45, 7) is 4.11. The van der Waals surface area contributed by atoms with Crippen molar-refractivity contribution in [3.8, 4) is 0 Å². The molecular formula is C19H21NO2. The minimum Gasteiger partial charge on any atom is -0.278 e. The molecule has 0 saturated heterocycles. The van der Waals surface area contributed by atoms with Crippen LogP contribution in [0.15, 0.2) is 36.4 Å². The van der Waals surface area contributed by atoms with Gasteiger partial charge in [-0.2, -0.15) is 0 Å². The molecule has 3 aliphatic rings. The van der Waals surface area contributed by atoms with Gasteiger partial charge in [0.2, 0.25) is 12.3 Å². The summed E-state index contributed by atoms with van der Waals surface area (Å²) in [7, 11) is 0. The summed E-state index contributed by atoms with van der Waals surface area (Å²) in [5, 5.41) is 0. The molecule has 0 radical (unpaired) electrons. The maximum Gasteiger partial charge on any atom is 0.237 e. The molecule has 0 aliphatic heterocycles. The summed E-state index contributed by atoms with van der Waals surface area (Å²) in [6.07, 6.45) is 7.70. The zero-order valence-electron chi connectivity index (χ0n) is 13.0. The Labute approximate surface area is 131 Å². The number of rotatable bonds is 3. The van der Waals surface area contributed by atoms with E-state index in [2.05, 4.69) is 19.1 Å². The minimum atomic E-state index is -0.0534. The average Bonchev–Trinajstić information content (AvgIpc) is 3.17. The highest BCUT2D eigenvalue weighted by atomic mass is 16.2. The van der Waals surface area contributed by atoms with Crippen LogP contribution in [0.1, 0.15) is 25.3 Å². The molecule has 0 aromatic heterocycles. The first-order chi connectivity index (χ1) is 10.6. The number of imide groups is 1. The average molecular weight is 295 g/mol. The Morgan fingerprint density at radius 1 is 1.23 bits per heavy atom. The zero-order chi connectivity index (χ0) is 15.5. The predicted molar refractivity (Wildman–Crippen MR) is 85.2 cm³/mol. The highest BCUT2D eigenvalue weighted by Crippen LogP contribution is 2.72. The summed E-state index contributed by atoms with van der Waals surface area (Å²) in [6, 6.07) is 7.58. The second-order valence-electron chi connectivity index (χ2n) is 7.15. The van der Waals surface area contributed by atoms with Gasteiger partial charge in [-0.3, -0.25) is 14.5 Å². The van der Waals surface area contributed by atoms with Gasteiger partial charge in [-0.25, -0.2) is 0 Å². The largest absolute Gasteiger partial charge is 0.278 e. The molecule has 0 heterocycles. The number of aryl methyl sites for hydroxylation is 1. The summed E-state index contributed by atoms with van der Waals surface area (Å²) in [5.41, 5.74) is 2.02. The van der Waals surface area contributed by atoms with Crippen molar-refractivity contribution in [1.82, 2.24) is 0 Å². The molecule has 4 atom stereocenters. The van der Waals surface area contributed by atoms with Gasteiger partial charge in [0.05, 0.1) is 5.69 Å². The van der Waals surface area contributed by atoms with E-state index in [9.17, 15) is 9.59 Å². The summed E-state index contributed by atoms with van der Waals surface area (Å²) in [4.78, 5) is 26.1. The van der Waals surface area contributed by atoms with Crippen LogP contribution >= 0.6 is 0 Å². The summed E-state index contributed by atoms with van der Waals surface area (Å²) >= 11 is 0. The number of anilines is 1. The Hall–Kier alpha value is -1.90. The quantitative estimate of drug-likeness (QED) is 0.633. The number of hydrogen-bond donors (Lipinski definition) is 0. The van der Waals surface area contributed by atoms with E-state index in [4.69, 9.17) is 0 Å². The van der Waals surface area contributed by atoms with E-state index in [1.807, 2.05) is 31.2 Å². The number of nitrogens with zero attached hydrogens (tertiary/aromatic N) is 1. The van der Waals surface area contributed by atoms with Gasteiger partial charge in [0.1, 0.15) is 0 Å². The van der Waals surface area contributed by atoms with Crippen molar-refractivity contribution in [2.45, 2.75) is 26.7 Å². The van der Waals surface area contributed by atoms with Crippen LogP contribution in [0.25, 0.3) is 0 Å². The molecule has 0 N–H and O–H groups in total. The van der Waals surface area contributed by atoms with Gasteiger partial charge in [0.25, 0.3) is 0 Å². The number of hydrogen-bond acceptors (Lipinski definition) is 2. The third kappa shape index (κ3) is 1.62. The topological polar surface area (TPSA) is 37.4 Å². The molecule has 2 bridgehead atoms. The predicted octanol–water partition coefficient (Wildman–Crippen LogP) is 3.33. The second kappa shape index (κ2) is 4.55. The molecule has 3 aliphatic carbocycles. The fourth-order valence-electron chi connectivity index (χ4n) is 4.98. The van der Waals surface area contributed by atoms with E-state index >= 15 is 0 Å². The first kappa shape index (κ1) is 13.7. The number of carbonyl (C=O) groups is 2. The standard InChI is InChI=1S/C19H21NO2/c1-12-5-3-4-6-16(12)20(11-21)18(22)17-13(2)14-7-8-15(17)19(14)9-10-19/h3-8,11,13-15,17H,9-10H2,1-2H3/t13-,14+,15+,17+/m0/s1. The van der Waals surface area contributed by atoms with Crippen LogP contribution in [0.4, 0.5) is 5.69 Å². The van der Waals surface area contributed by atoms with Crippen molar-refractivity contribution >= 4 is 18.0 Å². The molecule has 22 heavy (non-hydrogen) atoms. The lowest BCUT2D eigenvalue weighted by atomic mass is 9.83. The molecule has 2 amide bonds. The monoisotopic (exact) mass is 295 g/mol. The molecule has 1 aromatic rings. The van der Waals surface area contributed by atoms with Crippen LogP contribution in [0, 0.1) is 36.0 Å². The van der Waals surface area contributed by atoms with E-state index in [0.717, 1.165) is 5.56 Å². The van der Waals surface area contributed by atoms with Crippen molar-refractivity contribution in [3.05, 3.63) is 42.0 Å². The molecule has 3 heteroatoms. The van der Waals surface area contributed by atoms with Crippen molar-refractivity contribution in [2.24, 2.45) is 29.1 Å². The molecule has 1 spiro atoms. The number of benzene rings is 1. The van der Waals surface area contributed by atoms with Gasteiger partial charge >= 0.3 is 0 Å². The van der Waals surface area contributed by atoms with Gasteiger partial charge in [-0.05, 0) is 54.6 Å². The van der Waals surface area contributed by atoms with Crippen LogP contribution in [-0.4, -0.2) is 12.3 Å². The fraction of sp³-hybridized carbons (Fsp3) is 0.474. The van der Waals surface area contributed by atoms with Gasteiger partial charge in [-0.15, -0.1) is 0 Å². The Morgan fingerprint density at radius 2 is 1.91 bits per heavy atom. The van der Waals surface area contributed by atoms with E-state index in [0.29, 0.717) is 35.3 Å². The molecule has 3 nitrogen and oxygen atoms in total. The first-order valence-electron chi connectivity index (χ1n) is 8.12. The smallest absolute Gasteiger partial charge is 0.237 e. The fourth-order valence-corrected chi connectivity index (χ4v) is 4.98. The van der Waals surface area contributed by atoms with Gasteiger partial charge in [-0.1, -0.05) is 37.3 Å². The maximum atomic E-state index is 13.1. The molecule has 4 rings (SSSR count). The molecule has 0 unspecified atom stereocenters. The Kier molecular flexibility index (Phi) is 2.84. The third-order valence-electron chi connectivity index (χ3n) is 6.20. The molecule has 2 saturated carbocycles. The highest BCUT2D eigenvalue weighted by molar-refractivity contribution is 6.09. The molecule has 114 valence electrons. The van der Waals surface area contributed by atoms with Crippen LogP contribution in [-0.2, 0) is 9.59 Å². The van der Waals surface area contributed by atoms with E-state index < -0.39 is 0 Å². The Bertz CT molecular complexity index is 674. The SMILES string of the molecule is Cc1ccccc1N(C=O)C(=O)[C@@H]1[C@@H](C)[C@H]2C=C[C@H]1C21CC1. The van der Waals surface area contributed by atoms with Crippen LogP contribution in [0.3, 0.4) is 0 Å². The van der Waals surface area contributed by atoms with Crippen molar-refractivity contribution in [2.75, 3.05) is 4.90 Å². The number of carbonyl (C=O) groups excluding carboxylic acids is 2. The maximum absolute atomic E-state index is 13.1. The minimum absolute atomic E-state index is 0.0278. The third-order valence-corrected chi connectivity index (χ3v) is 6.20. The zero-order valence-corrected chi connectivity index (χ0v) is 13.0. The molecule has 1 aromatic carbocycles. The van der Waals surface area contributed by atoms with Crippen molar-refractivity contribution in [1.29, 1.82) is 0 Å². The molecule has 2 fully saturated rings. The van der Waals surface area contributed by atoms with Crippen LogP contribution in [0.2, 0.25) is 0 Å². The normalized spacial score (nSPS) is 33.2. The lowest BCUT2D eigenvalue weighted by Crippen LogP contribution is -2.40. The lowest BCUT2D eigenvalue weighted by Gasteiger charge is -2.28. The molecular weight excluding hydrogens is 274 g/mol. The van der Waals surface area contributed by atoms with Gasteiger partial charge in [0, 0.05) is 5.92 Å². The number of allylic oxidation sites excluding steroid dienone is 2. The van der Waals surface area contributed by atoms with Crippen molar-refractivity contribution < 1.29 is 9.59 Å².